The number of nitrogens with zero attached hydrogens (tertiary/aromatic N) is 1. The van der Waals surface area contributed by atoms with Gasteiger partial charge in [0.05, 0.1) is 5.69 Å². The monoisotopic (exact) mass is 347 g/mol. The van der Waals surface area contributed by atoms with Gasteiger partial charge in [-0.05, 0) is 53.9 Å². The fraction of sp³-hybridized carbons (Fsp3) is 0.500. The lowest BCUT2D eigenvalue weighted by Crippen LogP contribution is -2.44. The summed E-state index contributed by atoms with van der Waals surface area (Å²) in [5.41, 5.74) is 6.77. The van der Waals surface area contributed by atoms with Gasteiger partial charge in [-0.15, -0.1) is 0 Å². The van der Waals surface area contributed by atoms with Crippen molar-refractivity contribution in [2.45, 2.75) is 32.2 Å². The average Bonchev–Trinajstić information content (AvgIpc) is 2.34. The van der Waals surface area contributed by atoms with E-state index in [1.54, 1.807) is 18.2 Å². The third kappa shape index (κ3) is 3.40. The minimum Gasteiger partial charge on any atom is -0.398 e. The van der Waals surface area contributed by atoms with Gasteiger partial charge in [0.15, 0.2) is 0 Å². The Balaban J connectivity index is 2.18. The van der Waals surface area contributed by atoms with Crippen LogP contribution in [0.3, 0.4) is 0 Å². The predicted octanol–water partition coefficient (Wildman–Crippen LogP) is 2.56. The highest BCUT2D eigenvalue weighted by Gasteiger charge is 2.29. The molecule has 0 amide bonds. The van der Waals surface area contributed by atoms with Gasteiger partial charge in [0, 0.05) is 22.7 Å². The van der Waals surface area contributed by atoms with Crippen molar-refractivity contribution < 1.29 is 8.42 Å². The highest BCUT2D eigenvalue weighted by molar-refractivity contribution is 9.10. The van der Waals surface area contributed by atoms with Crippen LogP contribution in [0.25, 0.3) is 0 Å². The fourth-order valence-electron chi connectivity index (χ4n) is 2.23. The Kier molecular flexibility index (Phi) is 4.37. The second-order valence-corrected chi connectivity index (χ2v) is 7.28. The number of nitrogens with two attached hydrogens (primary N) is 1. The molecule has 1 unspecified atom stereocenters. The molecule has 0 aromatic heterocycles. The molecule has 1 aromatic rings. The maximum atomic E-state index is 12.3. The Hall–Kier alpha value is -0.790. The van der Waals surface area contributed by atoms with Crippen LogP contribution in [0.5, 0.6) is 0 Å². The van der Waals surface area contributed by atoms with Crippen molar-refractivity contribution in [3.63, 3.8) is 0 Å². The first-order chi connectivity index (χ1) is 8.90. The summed E-state index contributed by atoms with van der Waals surface area (Å²) in [6.45, 7) is 2.52. The second kappa shape index (κ2) is 5.68. The molecule has 106 valence electrons. The normalized spacial score (nSPS) is 21.3. The van der Waals surface area contributed by atoms with Gasteiger partial charge in [0.2, 0.25) is 0 Å². The van der Waals surface area contributed by atoms with Crippen molar-refractivity contribution >= 4 is 37.5 Å². The highest BCUT2D eigenvalue weighted by Crippen LogP contribution is 2.26. The SMILES string of the molecule is CC1CCCCN1S(=O)(=O)Nc1ccc(N)c(Br)c1. The predicted molar refractivity (Wildman–Crippen MR) is 81.1 cm³/mol. The number of piperidine rings is 1. The highest BCUT2D eigenvalue weighted by atomic mass is 79.9. The Morgan fingerprint density at radius 1 is 1.42 bits per heavy atom. The summed E-state index contributed by atoms with van der Waals surface area (Å²) in [6, 6.07) is 5.04. The number of nitrogen functional groups attached to an aromatic ring is 1. The molecular formula is C12H18BrN3O2S. The molecule has 1 heterocycles. The molecule has 0 spiro atoms. The van der Waals surface area contributed by atoms with Gasteiger partial charge in [0.25, 0.3) is 0 Å². The quantitative estimate of drug-likeness (QED) is 0.825. The zero-order chi connectivity index (χ0) is 14.0. The molecule has 7 heteroatoms. The maximum Gasteiger partial charge on any atom is 0.301 e. The van der Waals surface area contributed by atoms with Gasteiger partial charge < -0.3 is 5.73 Å². The Bertz CT molecular complexity index is 562. The van der Waals surface area contributed by atoms with Crippen molar-refractivity contribution in [3.05, 3.63) is 22.7 Å². The molecule has 1 saturated heterocycles. The van der Waals surface area contributed by atoms with E-state index < -0.39 is 10.2 Å². The number of anilines is 2. The number of nitrogens with one attached hydrogen (secondary N) is 1. The topological polar surface area (TPSA) is 75.4 Å². The molecule has 3 N–H and O–H groups in total. The van der Waals surface area contributed by atoms with E-state index in [0.29, 0.717) is 22.4 Å². The maximum absolute atomic E-state index is 12.3. The molecule has 5 nitrogen and oxygen atoms in total. The van der Waals surface area contributed by atoms with E-state index >= 15 is 0 Å². The van der Waals surface area contributed by atoms with Crippen LogP contribution in [0, 0.1) is 0 Å². The van der Waals surface area contributed by atoms with Gasteiger partial charge in [0.1, 0.15) is 0 Å². The van der Waals surface area contributed by atoms with Crippen LogP contribution in [-0.2, 0) is 10.2 Å². The largest absolute Gasteiger partial charge is 0.398 e. The molecule has 0 bridgehead atoms. The number of hydrogen-bond donors (Lipinski definition) is 2. The molecule has 2 rings (SSSR count). The van der Waals surface area contributed by atoms with Gasteiger partial charge in [-0.3, -0.25) is 4.72 Å². The summed E-state index contributed by atoms with van der Waals surface area (Å²) >= 11 is 3.29. The minimum atomic E-state index is -3.49. The summed E-state index contributed by atoms with van der Waals surface area (Å²) in [5.74, 6) is 0. The van der Waals surface area contributed by atoms with Gasteiger partial charge >= 0.3 is 10.2 Å². The molecule has 1 aromatic carbocycles. The lowest BCUT2D eigenvalue weighted by atomic mass is 10.1. The van der Waals surface area contributed by atoms with E-state index in [-0.39, 0.29) is 6.04 Å². The number of halogens is 1. The summed E-state index contributed by atoms with van der Waals surface area (Å²) in [7, 11) is -3.49. The fourth-order valence-corrected chi connectivity index (χ4v) is 4.10. The van der Waals surface area contributed by atoms with Crippen molar-refractivity contribution in [3.8, 4) is 0 Å². The van der Waals surface area contributed by atoms with Crippen LogP contribution in [0.15, 0.2) is 22.7 Å². The van der Waals surface area contributed by atoms with Crippen LogP contribution in [-0.4, -0.2) is 25.3 Å². The van der Waals surface area contributed by atoms with E-state index in [9.17, 15) is 8.42 Å². The van der Waals surface area contributed by atoms with Crippen LogP contribution in [0.1, 0.15) is 26.2 Å². The summed E-state index contributed by atoms with van der Waals surface area (Å²) < 4.78 is 29.5. The van der Waals surface area contributed by atoms with Crippen molar-refractivity contribution in [1.82, 2.24) is 4.31 Å². The van der Waals surface area contributed by atoms with Crippen molar-refractivity contribution in [2.75, 3.05) is 17.0 Å². The molecule has 0 aliphatic carbocycles. The standard InChI is InChI=1S/C12H18BrN3O2S/c1-9-4-2-3-7-16(9)19(17,18)15-10-5-6-12(14)11(13)8-10/h5-6,8-9,15H,2-4,7,14H2,1H3. The molecule has 0 saturated carbocycles. The zero-order valence-electron chi connectivity index (χ0n) is 10.8. The summed E-state index contributed by atoms with van der Waals surface area (Å²) in [4.78, 5) is 0. The van der Waals surface area contributed by atoms with E-state index in [4.69, 9.17) is 5.73 Å². The van der Waals surface area contributed by atoms with Crippen LogP contribution >= 0.6 is 15.9 Å². The summed E-state index contributed by atoms with van der Waals surface area (Å²) in [5, 5.41) is 0. The van der Waals surface area contributed by atoms with Crippen LogP contribution in [0.4, 0.5) is 11.4 Å². The number of hydrogen-bond acceptors (Lipinski definition) is 3. The van der Waals surface area contributed by atoms with E-state index in [0.717, 1.165) is 19.3 Å². The first-order valence-electron chi connectivity index (χ1n) is 6.25. The zero-order valence-corrected chi connectivity index (χ0v) is 13.2. The van der Waals surface area contributed by atoms with Gasteiger partial charge in [-0.1, -0.05) is 6.42 Å². The minimum absolute atomic E-state index is 0.0449. The Morgan fingerprint density at radius 2 is 2.16 bits per heavy atom. The van der Waals surface area contributed by atoms with Crippen molar-refractivity contribution in [1.29, 1.82) is 0 Å². The lowest BCUT2D eigenvalue weighted by molar-refractivity contribution is 0.270. The summed E-state index contributed by atoms with van der Waals surface area (Å²) in [6.07, 6.45) is 2.91. The average molecular weight is 348 g/mol. The second-order valence-electron chi connectivity index (χ2n) is 4.80. The van der Waals surface area contributed by atoms with Crippen LogP contribution < -0.4 is 10.5 Å². The molecule has 0 radical (unpaired) electrons. The van der Waals surface area contributed by atoms with E-state index in [1.165, 1.54) is 4.31 Å². The molecule has 1 fully saturated rings. The van der Waals surface area contributed by atoms with E-state index in [2.05, 4.69) is 20.7 Å². The van der Waals surface area contributed by atoms with Crippen LogP contribution in [0.2, 0.25) is 0 Å². The molecule has 1 atom stereocenters. The third-order valence-corrected chi connectivity index (χ3v) is 5.64. The third-order valence-electron chi connectivity index (χ3n) is 3.30. The van der Waals surface area contributed by atoms with Gasteiger partial charge in [-0.25, -0.2) is 0 Å². The first-order valence-corrected chi connectivity index (χ1v) is 8.48. The van der Waals surface area contributed by atoms with Gasteiger partial charge in [-0.2, -0.15) is 12.7 Å². The molecule has 1 aliphatic rings. The number of benzene rings is 1. The lowest BCUT2D eigenvalue weighted by Gasteiger charge is -2.32. The first kappa shape index (κ1) is 14.6. The Morgan fingerprint density at radius 3 is 2.79 bits per heavy atom. The molecular weight excluding hydrogens is 330 g/mol. The smallest absolute Gasteiger partial charge is 0.301 e. The number of rotatable bonds is 3. The van der Waals surface area contributed by atoms with Crippen molar-refractivity contribution in [2.24, 2.45) is 0 Å². The van der Waals surface area contributed by atoms with E-state index in [1.807, 2.05) is 6.92 Å². The Labute approximate surface area is 122 Å². The molecule has 1 aliphatic heterocycles. The molecule has 19 heavy (non-hydrogen) atoms.